The fraction of sp³-hybridized carbons (Fsp3) is 0.136. The molecule has 7 heteroatoms. The van der Waals surface area contributed by atoms with Crippen LogP contribution in [0.2, 0.25) is 5.02 Å². The lowest BCUT2D eigenvalue weighted by molar-refractivity contribution is 0.410. The van der Waals surface area contributed by atoms with Crippen LogP contribution in [-0.2, 0) is 10.0 Å². The van der Waals surface area contributed by atoms with E-state index in [1.165, 1.54) is 16.5 Å². The number of para-hydroxylation sites is 1. The lowest BCUT2D eigenvalue weighted by atomic mass is 10.0. The molecule has 0 radical (unpaired) electrons. The van der Waals surface area contributed by atoms with Gasteiger partial charge in [0.05, 0.1) is 17.2 Å². The van der Waals surface area contributed by atoms with Gasteiger partial charge >= 0.3 is 0 Å². The summed E-state index contributed by atoms with van der Waals surface area (Å²) in [6, 6.07) is 19.9. The van der Waals surface area contributed by atoms with Crippen molar-refractivity contribution in [2.24, 2.45) is 5.10 Å². The maximum absolute atomic E-state index is 13.0. The molecule has 146 valence electrons. The summed E-state index contributed by atoms with van der Waals surface area (Å²) in [5.41, 5.74) is 3.20. The molecule has 0 spiro atoms. The van der Waals surface area contributed by atoms with Gasteiger partial charge in [0.1, 0.15) is 11.2 Å². The van der Waals surface area contributed by atoms with Crippen LogP contribution in [0.25, 0.3) is 21.9 Å². The Morgan fingerprint density at radius 3 is 2.52 bits per heavy atom. The number of hydrazone groups is 1. The lowest BCUT2D eigenvalue weighted by Crippen LogP contribution is -2.32. The Morgan fingerprint density at radius 1 is 0.931 bits per heavy atom. The lowest BCUT2D eigenvalue weighted by Gasteiger charge is -2.25. The summed E-state index contributed by atoms with van der Waals surface area (Å²) in [6.07, 6.45) is 1.40. The Bertz CT molecular complexity index is 1360. The second-order valence-electron chi connectivity index (χ2n) is 6.96. The average molecular weight is 425 g/mol. The van der Waals surface area contributed by atoms with Gasteiger partial charge in [0.25, 0.3) is 10.0 Å². The molecule has 0 aliphatic carbocycles. The quantitative estimate of drug-likeness (QED) is 0.440. The van der Waals surface area contributed by atoms with Gasteiger partial charge in [0.2, 0.25) is 0 Å². The number of hydrogen-bond acceptors (Lipinski definition) is 4. The van der Waals surface area contributed by atoms with Crippen molar-refractivity contribution in [1.82, 2.24) is 4.41 Å². The highest BCUT2D eigenvalue weighted by atomic mass is 35.5. The van der Waals surface area contributed by atoms with Crippen molar-refractivity contribution in [3.8, 4) is 0 Å². The van der Waals surface area contributed by atoms with Gasteiger partial charge in [-0.1, -0.05) is 35.9 Å². The molecule has 4 aromatic rings. The van der Waals surface area contributed by atoms with E-state index in [2.05, 4.69) is 5.10 Å². The van der Waals surface area contributed by atoms with Crippen LogP contribution in [0.3, 0.4) is 0 Å². The zero-order valence-corrected chi connectivity index (χ0v) is 16.9. The van der Waals surface area contributed by atoms with Crippen molar-refractivity contribution in [3.05, 3.63) is 77.3 Å². The van der Waals surface area contributed by atoms with Crippen LogP contribution in [0.15, 0.2) is 81.1 Å². The molecule has 0 saturated carbocycles. The Hall–Kier alpha value is -2.83. The summed E-state index contributed by atoms with van der Waals surface area (Å²) < 4.78 is 33.1. The molecule has 0 atom stereocenters. The standard InChI is InChI=1S/C22H17ClN2O3S/c23-16-8-10-17(11-9-16)29(26,27)25-13-3-5-20(24-25)15-7-12-19-18-4-1-2-6-21(18)28-22(19)14-15/h1-2,4,6-12,14H,3,5,13H2. The Kier molecular flexibility index (Phi) is 4.33. The predicted molar refractivity (Wildman–Crippen MR) is 115 cm³/mol. The van der Waals surface area contributed by atoms with Crippen LogP contribution >= 0.6 is 11.6 Å². The van der Waals surface area contributed by atoms with E-state index in [4.69, 9.17) is 16.0 Å². The minimum Gasteiger partial charge on any atom is -0.456 e. The smallest absolute Gasteiger partial charge is 0.279 e. The van der Waals surface area contributed by atoms with Gasteiger partial charge in [0, 0.05) is 21.4 Å². The molecule has 0 fully saturated rings. The first-order chi connectivity index (χ1) is 14.0. The fourth-order valence-corrected chi connectivity index (χ4v) is 5.05. The summed E-state index contributed by atoms with van der Waals surface area (Å²) in [4.78, 5) is 0.180. The Morgan fingerprint density at radius 2 is 1.69 bits per heavy atom. The predicted octanol–water partition coefficient (Wildman–Crippen LogP) is 5.43. The highest BCUT2D eigenvalue weighted by molar-refractivity contribution is 7.89. The highest BCUT2D eigenvalue weighted by Crippen LogP contribution is 2.30. The van der Waals surface area contributed by atoms with Crippen LogP contribution in [0, 0.1) is 0 Å². The van der Waals surface area contributed by atoms with E-state index in [9.17, 15) is 8.42 Å². The van der Waals surface area contributed by atoms with Gasteiger partial charge in [-0.3, -0.25) is 0 Å². The van der Waals surface area contributed by atoms with Gasteiger partial charge in [-0.2, -0.15) is 17.9 Å². The van der Waals surface area contributed by atoms with Gasteiger partial charge in [-0.15, -0.1) is 0 Å². The molecule has 5 rings (SSSR count). The van der Waals surface area contributed by atoms with Crippen LogP contribution in [0.4, 0.5) is 0 Å². The third-order valence-electron chi connectivity index (χ3n) is 5.10. The number of benzene rings is 3. The van der Waals surface area contributed by atoms with E-state index in [1.54, 1.807) is 12.1 Å². The second kappa shape index (κ2) is 6.90. The van der Waals surface area contributed by atoms with Crippen molar-refractivity contribution in [2.45, 2.75) is 17.7 Å². The summed E-state index contributed by atoms with van der Waals surface area (Å²) in [6.45, 7) is 0.349. The third kappa shape index (κ3) is 3.18. The SMILES string of the molecule is O=S(=O)(c1ccc(Cl)cc1)N1CCCC(c2ccc3c(c2)oc2ccccc23)=N1. The number of nitrogens with zero attached hydrogens (tertiary/aromatic N) is 2. The summed E-state index contributed by atoms with van der Waals surface area (Å²) in [5, 5.41) is 7.06. The van der Waals surface area contributed by atoms with Crippen molar-refractivity contribution in [2.75, 3.05) is 6.54 Å². The van der Waals surface area contributed by atoms with Crippen LogP contribution in [-0.4, -0.2) is 25.1 Å². The number of halogens is 1. The highest BCUT2D eigenvalue weighted by Gasteiger charge is 2.26. The molecule has 1 aliphatic heterocycles. The van der Waals surface area contributed by atoms with Gasteiger partial charge in [0.15, 0.2) is 0 Å². The number of fused-ring (bicyclic) bond motifs is 3. The molecular formula is C22H17ClN2O3S. The molecule has 5 nitrogen and oxygen atoms in total. The van der Waals surface area contributed by atoms with E-state index >= 15 is 0 Å². The Labute approximate surface area is 173 Å². The minimum absolute atomic E-state index is 0.180. The largest absolute Gasteiger partial charge is 0.456 e. The van der Waals surface area contributed by atoms with Crippen LogP contribution in [0.1, 0.15) is 18.4 Å². The normalized spacial score (nSPS) is 15.1. The molecule has 0 amide bonds. The molecule has 1 aromatic heterocycles. The zero-order valence-electron chi connectivity index (χ0n) is 15.4. The zero-order chi connectivity index (χ0) is 20.0. The fourth-order valence-electron chi connectivity index (χ4n) is 3.63. The first-order valence-corrected chi connectivity index (χ1v) is 11.1. The first kappa shape index (κ1) is 18.2. The molecule has 29 heavy (non-hydrogen) atoms. The molecule has 3 aromatic carbocycles. The van der Waals surface area contributed by atoms with Gasteiger partial charge < -0.3 is 4.42 Å². The molecular weight excluding hydrogens is 408 g/mol. The van der Waals surface area contributed by atoms with Gasteiger partial charge in [-0.25, -0.2) is 0 Å². The summed E-state index contributed by atoms with van der Waals surface area (Å²) in [5.74, 6) is 0. The average Bonchev–Trinajstić information content (AvgIpc) is 3.12. The van der Waals surface area contributed by atoms with E-state index in [0.717, 1.165) is 33.2 Å². The Balaban J connectivity index is 1.54. The molecule has 0 unspecified atom stereocenters. The van der Waals surface area contributed by atoms with Crippen LogP contribution in [0.5, 0.6) is 0 Å². The molecule has 0 N–H and O–H groups in total. The minimum atomic E-state index is -3.72. The van der Waals surface area contributed by atoms with E-state index in [-0.39, 0.29) is 4.90 Å². The van der Waals surface area contributed by atoms with E-state index in [1.807, 2.05) is 42.5 Å². The first-order valence-electron chi connectivity index (χ1n) is 9.30. The van der Waals surface area contributed by atoms with Crippen molar-refractivity contribution < 1.29 is 12.8 Å². The molecule has 0 bridgehead atoms. The number of rotatable bonds is 3. The topological polar surface area (TPSA) is 62.9 Å². The van der Waals surface area contributed by atoms with Crippen molar-refractivity contribution in [1.29, 1.82) is 0 Å². The monoisotopic (exact) mass is 424 g/mol. The second-order valence-corrected chi connectivity index (χ2v) is 9.24. The van der Waals surface area contributed by atoms with Crippen molar-refractivity contribution in [3.63, 3.8) is 0 Å². The van der Waals surface area contributed by atoms with E-state index in [0.29, 0.717) is 24.4 Å². The molecule has 0 saturated heterocycles. The summed E-state index contributed by atoms with van der Waals surface area (Å²) in [7, 11) is -3.72. The number of hydrogen-bond donors (Lipinski definition) is 0. The molecule has 2 heterocycles. The molecule has 1 aliphatic rings. The van der Waals surface area contributed by atoms with E-state index < -0.39 is 10.0 Å². The number of furan rings is 1. The maximum Gasteiger partial charge on any atom is 0.279 e. The number of sulfonamides is 1. The van der Waals surface area contributed by atoms with Gasteiger partial charge in [-0.05, 0) is 55.3 Å². The maximum atomic E-state index is 13.0. The summed E-state index contributed by atoms with van der Waals surface area (Å²) >= 11 is 5.88. The van der Waals surface area contributed by atoms with Crippen molar-refractivity contribution >= 4 is 49.3 Å². The third-order valence-corrected chi connectivity index (χ3v) is 7.04. The van der Waals surface area contributed by atoms with Crippen LogP contribution < -0.4 is 0 Å².